The summed E-state index contributed by atoms with van der Waals surface area (Å²) < 4.78 is 25.7. The molecule has 5 nitrogen and oxygen atoms in total. The molecule has 0 amide bonds. The molecule has 26 heavy (non-hydrogen) atoms. The van der Waals surface area contributed by atoms with E-state index in [9.17, 15) is 8.42 Å². The first-order chi connectivity index (χ1) is 12.5. The van der Waals surface area contributed by atoms with E-state index < -0.39 is 9.84 Å². The Kier molecular flexibility index (Phi) is 6.06. The van der Waals surface area contributed by atoms with Crippen LogP contribution in [0.3, 0.4) is 0 Å². The fraction of sp³-hybridized carbons (Fsp3) is 0.450. The van der Waals surface area contributed by atoms with Gasteiger partial charge in [-0.15, -0.1) is 0 Å². The summed E-state index contributed by atoms with van der Waals surface area (Å²) in [4.78, 5) is 6.91. The molecule has 0 atom stereocenters. The van der Waals surface area contributed by atoms with Crippen LogP contribution >= 0.6 is 0 Å². The van der Waals surface area contributed by atoms with Gasteiger partial charge >= 0.3 is 0 Å². The normalized spacial score (nSPS) is 14.7. The molecule has 2 aromatic rings. The monoisotopic (exact) mass is 373 g/mol. The van der Waals surface area contributed by atoms with Crippen LogP contribution in [0.4, 0.5) is 0 Å². The molecule has 1 aliphatic carbocycles. The summed E-state index contributed by atoms with van der Waals surface area (Å²) >= 11 is 0. The van der Waals surface area contributed by atoms with Gasteiger partial charge in [-0.2, -0.15) is 0 Å². The van der Waals surface area contributed by atoms with Crippen LogP contribution in [0.25, 0.3) is 11.1 Å². The largest absolute Gasteiger partial charge is 0.315 e. The third kappa shape index (κ3) is 5.13. The van der Waals surface area contributed by atoms with Gasteiger partial charge in [0.05, 0.1) is 16.3 Å². The second kappa shape index (κ2) is 8.29. The standard InChI is InChI=1S/C20H27N3O2S/c1-23(2)15-18-10-9-17(14-22-18)19-5-3-4-6-20(19)26(24,25)12-11-21-13-16-7-8-16/h3-6,9-10,14,16,21H,7-8,11-13,15H2,1-2H3. The first-order valence-electron chi connectivity index (χ1n) is 9.08. The molecule has 0 spiro atoms. The van der Waals surface area contributed by atoms with Gasteiger partial charge < -0.3 is 10.2 Å². The van der Waals surface area contributed by atoms with Gasteiger partial charge in [0.2, 0.25) is 0 Å². The molecule has 1 aromatic heterocycles. The Morgan fingerprint density at radius 3 is 2.58 bits per heavy atom. The summed E-state index contributed by atoms with van der Waals surface area (Å²) in [5.41, 5.74) is 2.51. The number of aromatic nitrogens is 1. The minimum atomic E-state index is -3.34. The van der Waals surface area contributed by atoms with Crippen LogP contribution in [0.5, 0.6) is 0 Å². The SMILES string of the molecule is CN(C)Cc1ccc(-c2ccccc2S(=O)(=O)CCNCC2CC2)cn1. The molecule has 6 heteroatoms. The Hall–Kier alpha value is -1.76. The maximum atomic E-state index is 12.8. The van der Waals surface area contributed by atoms with Gasteiger partial charge in [0.1, 0.15) is 0 Å². The van der Waals surface area contributed by atoms with Crippen molar-refractivity contribution in [3.63, 3.8) is 0 Å². The molecule has 0 unspecified atom stereocenters. The average Bonchev–Trinajstić information content (AvgIpc) is 3.43. The predicted molar refractivity (Wildman–Crippen MR) is 105 cm³/mol. The van der Waals surface area contributed by atoms with Crippen molar-refractivity contribution in [3.8, 4) is 11.1 Å². The summed E-state index contributed by atoms with van der Waals surface area (Å²) in [6, 6.07) is 11.1. The van der Waals surface area contributed by atoms with Gasteiger partial charge in [-0.1, -0.05) is 24.3 Å². The quantitative estimate of drug-likeness (QED) is 0.685. The smallest absolute Gasteiger partial charge is 0.180 e. The number of hydrogen-bond donors (Lipinski definition) is 1. The van der Waals surface area contributed by atoms with Crippen LogP contribution < -0.4 is 5.32 Å². The van der Waals surface area contributed by atoms with Gasteiger partial charge in [-0.05, 0) is 51.5 Å². The molecule has 140 valence electrons. The Morgan fingerprint density at radius 2 is 1.92 bits per heavy atom. The molecule has 1 saturated carbocycles. The molecule has 1 fully saturated rings. The molecule has 0 saturated heterocycles. The number of sulfone groups is 1. The minimum absolute atomic E-state index is 0.114. The highest BCUT2D eigenvalue weighted by molar-refractivity contribution is 7.91. The number of nitrogens with one attached hydrogen (secondary N) is 1. The fourth-order valence-corrected chi connectivity index (χ4v) is 4.36. The van der Waals surface area contributed by atoms with Gasteiger partial charge in [0, 0.05) is 30.4 Å². The van der Waals surface area contributed by atoms with E-state index in [-0.39, 0.29) is 5.75 Å². The fourth-order valence-electron chi connectivity index (χ4n) is 2.92. The molecule has 1 N–H and O–H groups in total. The first kappa shape index (κ1) is 19.0. The van der Waals surface area contributed by atoms with Gasteiger partial charge in [0.25, 0.3) is 0 Å². The van der Waals surface area contributed by atoms with Gasteiger partial charge in [-0.3, -0.25) is 4.98 Å². The Balaban J connectivity index is 1.76. The molecule has 0 bridgehead atoms. The van der Waals surface area contributed by atoms with Crippen molar-refractivity contribution in [1.82, 2.24) is 15.2 Å². The molecular formula is C20H27N3O2S. The van der Waals surface area contributed by atoms with Crippen molar-refractivity contribution in [2.75, 3.05) is 32.9 Å². The van der Waals surface area contributed by atoms with Crippen molar-refractivity contribution in [2.24, 2.45) is 5.92 Å². The molecular weight excluding hydrogens is 346 g/mol. The Morgan fingerprint density at radius 1 is 1.15 bits per heavy atom. The number of benzene rings is 1. The van der Waals surface area contributed by atoms with Crippen molar-refractivity contribution < 1.29 is 8.42 Å². The summed E-state index contributed by atoms with van der Waals surface area (Å²) in [5.74, 6) is 0.861. The molecule has 1 heterocycles. The highest BCUT2D eigenvalue weighted by Crippen LogP contribution is 2.28. The van der Waals surface area contributed by atoms with E-state index >= 15 is 0 Å². The molecule has 0 radical (unpaired) electrons. The van der Waals surface area contributed by atoms with Crippen LogP contribution in [0.2, 0.25) is 0 Å². The lowest BCUT2D eigenvalue weighted by atomic mass is 10.1. The van der Waals surface area contributed by atoms with E-state index in [2.05, 4.69) is 15.2 Å². The van der Waals surface area contributed by atoms with E-state index in [1.165, 1.54) is 12.8 Å². The van der Waals surface area contributed by atoms with Crippen LogP contribution in [0, 0.1) is 5.92 Å². The summed E-state index contributed by atoms with van der Waals surface area (Å²) in [7, 11) is 0.645. The molecule has 0 aliphatic heterocycles. The average molecular weight is 374 g/mol. The minimum Gasteiger partial charge on any atom is -0.315 e. The van der Waals surface area contributed by atoms with Crippen molar-refractivity contribution >= 4 is 9.84 Å². The highest BCUT2D eigenvalue weighted by atomic mass is 32.2. The summed E-state index contributed by atoms with van der Waals surface area (Å²) in [5, 5.41) is 3.26. The van der Waals surface area contributed by atoms with E-state index in [1.807, 2.05) is 38.4 Å². The third-order valence-electron chi connectivity index (χ3n) is 4.51. The number of nitrogens with zero attached hydrogens (tertiary/aromatic N) is 2. The second-order valence-corrected chi connectivity index (χ2v) is 9.32. The zero-order valence-electron chi connectivity index (χ0n) is 15.5. The zero-order chi connectivity index (χ0) is 18.6. The topological polar surface area (TPSA) is 62.3 Å². The predicted octanol–water partition coefficient (Wildman–Crippen LogP) is 2.58. The highest BCUT2D eigenvalue weighted by Gasteiger charge is 2.22. The number of rotatable bonds is 9. The van der Waals surface area contributed by atoms with E-state index in [0.717, 1.165) is 35.8 Å². The van der Waals surface area contributed by atoms with Gasteiger partial charge in [-0.25, -0.2) is 8.42 Å². The van der Waals surface area contributed by atoms with Crippen LogP contribution in [-0.4, -0.2) is 51.2 Å². The lowest BCUT2D eigenvalue weighted by Crippen LogP contribution is -2.25. The van der Waals surface area contributed by atoms with E-state index in [4.69, 9.17) is 0 Å². The molecule has 1 aromatic carbocycles. The third-order valence-corrected chi connectivity index (χ3v) is 6.28. The van der Waals surface area contributed by atoms with Crippen molar-refractivity contribution in [3.05, 3.63) is 48.3 Å². The van der Waals surface area contributed by atoms with Gasteiger partial charge in [0.15, 0.2) is 9.84 Å². The van der Waals surface area contributed by atoms with E-state index in [0.29, 0.717) is 11.4 Å². The maximum absolute atomic E-state index is 12.8. The maximum Gasteiger partial charge on any atom is 0.180 e. The van der Waals surface area contributed by atoms with E-state index in [1.54, 1.807) is 18.3 Å². The molecule has 1 aliphatic rings. The first-order valence-corrected chi connectivity index (χ1v) is 10.7. The van der Waals surface area contributed by atoms with Crippen LogP contribution in [0.15, 0.2) is 47.5 Å². The Bertz CT molecular complexity index is 828. The number of pyridine rings is 1. The lowest BCUT2D eigenvalue weighted by molar-refractivity contribution is 0.397. The summed E-state index contributed by atoms with van der Waals surface area (Å²) in [6.45, 7) is 2.18. The Labute approximate surface area is 156 Å². The second-order valence-electron chi connectivity index (χ2n) is 7.24. The van der Waals surface area contributed by atoms with Crippen LogP contribution in [-0.2, 0) is 16.4 Å². The lowest BCUT2D eigenvalue weighted by Gasteiger charge is -2.12. The van der Waals surface area contributed by atoms with Crippen molar-refractivity contribution in [1.29, 1.82) is 0 Å². The van der Waals surface area contributed by atoms with Crippen molar-refractivity contribution in [2.45, 2.75) is 24.3 Å². The van der Waals surface area contributed by atoms with Crippen LogP contribution in [0.1, 0.15) is 18.5 Å². The zero-order valence-corrected chi connectivity index (χ0v) is 16.3. The summed E-state index contributed by atoms with van der Waals surface area (Å²) in [6.07, 6.45) is 4.29. The molecule has 3 rings (SSSR count). The number of hydrogen-bond acceptors (Lipinski definition) is 5.